The Bertz CT molecular complexity index is 920. The van der Waals surface area contributed by atoms with Crippen LogP contribution in [0.1, 0.15) is 0 Å². The lowest BCUT2D eigenvalue weighted by molar-refractivity contribution is -0.113. The summed E-state index contributed by atoms with van der Waals surface area (Å²) < 4.78 is 19.1. The van der Waals surface area contributed by atoms with Crippen molar-refractivity contribution in [2.75, 3.05) is 11.1 Å². The Kier molecular flexibility index (Phi) is 5.57. The van der Waals surface area contributed by atoms with E-state index < -0.39 is 11.7 Å². The van der Waals surface area contributed by atoms with E-state index in [2.05, 4.69) is 15.5 Å². The maximum absolute atomic E-state index is 13.6. The number of anilines is 1. The second kappa shape index (κ2) is 7.86. The lowest BCUT2D eigenvalue weighted by Gasteiger charge is -2.05. The second-order valence-corrected chi connectivity index (χ2v) is 6.58. The van der Waals surface area contributed by atoms with Gasteiger partial charge in [-0.05, 0) is 30.3 Å². The number of thioether (sulfide) groups is 1. The fraction of sp³-hybridized carbons (Fsp3) is 0.0625. The number of benzene rings is 2. The van der Waals surface area contributed by atoms with Gasteiger partial charge in [-0.25, -0.2) is 4.39 Å². The molecule has 0 fully saturated rings. The number of nitrogens with one attached hydrogen (secondary N) is 1. The summed E-state index contributed by atoms with van der Waals surface area (Å²) in [6, 6.07) is 11.0. The molecule has 0 saturated heterocycles. The number of aromatic nitrogens is 2. The van der Waals surface area contributed by atoms with Crippen molar-refractivity contribution >= 4 is 46.6 Å². The topological polar surface area (TPSA) is 68.0 Å². The van der Waals surface area contributed by atoms with Crippen LogP contribution >= 0.6 is 35.0 Å². The van der Waals surface area contributed by atoms with Gasteiger partial charge in [-0.15, -0.1) is 10.2 Å². The van der Waals surface area contributed by atoms with E-state index >= 15 is 0 Å². The van der Waals surface area contributed by atoms with Crippen molar-refractivity contribution in [1.82, 2.24) is 10.2 Å². The first-order chi connectivity index (χ1) is 12.0. The van der Waals surface area contributed by atoms with Gasteiger partial charge in [-0.1, -0.05) is 47.1 Å². The van der Waals surface area contributed by atoms with Gasteiger partial charge in [0.05, 0.1) is 22.0 Å². The molecule has 0 aliphatic heterocycles. The van der Waals surface area contributed by atoms with Gasteiger partial charge in [0, 0.05) is 5.02 Å². The lowest BCUT2D eigenvalue weighted by Crippen LogP contribution is -2.15. The number of hydrogen-bond donors (Lipinski definition) is 1. The van der Waals surface area contributed by atoms with E-state index in [9.17, 15) is 9.18 Å². The third kappa shape index (κ3) is 4.50. The standard InChI is InChI=1S/C16H10Cl2FN3O2S/c17-9-5-6-12(19)13(7-9)20-14(23)8-25-16-22-21-15(24-16)10-3-1-2-4-11(10)18/h1-7H,8H2,(H,20,23). The van der Waals surface area contributed by atoms with Crippen molar-refractivity contribution in [3.8, 4) is 11.5 Å². The van der Waals surface area contributed by atoms with E-state index in [0.29, 0.717) is 15.6 Å². The van der Waals surface area contributed by atoms with Crippen molar-refractivity contribution in [3.63, 3.8) is 0 Å². The molecular weight excluding hydrogens is 388 g/mol. The molecule has 2 aromatic carbocycles. The van der Waals surface area contributed by atoms with E-state index in [1.165, 1.54) is 18.2 Å². The molecule has 0 atom stereocenters. The van der Waals surface area contributed by atoms with Gasteiger partial charge >= 0.3 is 0 Å². The predicted octanol–water partition coefficient (Wildman–Crippen LogP) is 4.91. The highest BCUT2D eigenvalue weighted by molar-refractivity contribution is 7.99. The average molecular weight is 398 g/mol. The van der Waals surface area contributed by atoms with Crippen LogP contribution in [0.4, 0.5) is 10.1 Å². The highest BCUT2D eigenvalue weighted by Crippen LogP contribution is 2.28. The second-order valence-electron chi connectivity index (χ2n) is 4.81. The van der Waals surface area contributed by atoms with Gasteiger partial charge in [-0.2, -0.15) is 0 Å². The number of amides is 1. The summed E-state index contributed by atoms with van der Waals surface area (Å²) in [5.41, 5.74) is 0.620. The van der Waals surface area contributed by atoms with Crippen LogP contribution in [0.15, 0.2) is 52.1 Å². The first-order valence-corrected chi connectivity index (χ1v) is 8.73. The number of halogens is 3. The molecule has 1 aromatic heterocycles. The van der Waals surface area contributed by atoms with Crippen molar-refractivity contribution in [2.45, 2.75) is 5.22 Å². The number of carbonyl (C=O) groups is 1. The van der Waals surface area contributed by atoms with Crippen molar-refractivity contribution in [2.24, 2.45) is 0 Å². The van der Waals surface area contributed by atoms with Gasteiger partial charge in [0.2, 0.25) is 11.8 Å². The highest BCUT2D eigenvalue weighted by atomic mass is 35.5. The molecule has 0 aliphatic carbocycles. The molecule has 0 unspecified atom stereocenters. The largest absolute Gasteiger partial charge is 0.411 e. The van der Waals surface area contributed by atoms with Crippen LogP contribution in [-0.4, -0.2) is 21.9 Å². The number of rotatable bonds is 5. The molecule has 1 N–H and O–H groups in total. The average Bonchev–Trinajstić information content (AvgIpc) is 3.05. The summed E-state index contributed by atoms with van der Waals surface area (Å²) in [5, 5.41) is 11.2. The van der Waals surface area contributed by atoms with Crippen LogP contribution in [0.5, 0.6) is 0 Å². The zero-order valence-corrected chi connectivity index (χ0v) is 14.8. The van der Waals surface area contributed by atoms with Crippen molar-refractivity contribution in [3.05, 3.63) is 58.3 Å². The van der Waals surface area contributed by atoms with Crippen LogP contribution < -0.4 is 5.32 Å². The minimum Gasteiger partial charge on any atom is -0.411 e. The van der Waals surface area contributed by atoms with Crippen LogP contribution in [-0.2, 0) is 4.79 Å². The zero-order valence-electron chi connectivity index (χ0n) is 12.5. The van der Waals surface area contributed by atoms with Gasteiger partial charge in [0.25, 0.3) is 5.22 Å². The van der Waals surface area contributed by atoms with Gasteiger partial charge in [-0.3, -0.25) is 4.79 Å². The molecule has 128 valence electrons. The summed E-state index contributed by atoms with van der Waals surface area (Å²) in [7, 11) is 0. The van der Waals surface area contributed by atoms with Crippen LogP contribution in [0, 0.1) is 5.82 Å². The molecule has 0 spiro atoms. The van der Waals surface area contributed by atoms with Gasteiger partial charge < -0.3 is 9.73 Å². The minimum absolute atomic E-state index is 0.0142. The Morgan fingerprint density at radius 3 is 2.80 bits per heavy atom. The van der Waals surface area contributed by atoms with Crippen LogP contribution in [0.25, 0.3) is 11.5 Å². The van der Waals surface area contributed by atoms with E-state index in [1.54, 1.807) is 24.3 Å². The van der Waals surface area contributed by atoms with E-state index in [-0.39, 0.29) is 22.6 Å². The van der Waals surface area contributed by atoms with E-state index in [0.717, 1.165) is 11.8 Å². The molecule has 0 aliphatic rings. The van der Waals surface area contributed by atoms with E-state index in [1.807, 2.05) is 0 Å². The van der Waals surface area contributed by atoms with Gasteiger partial charge in [0.1, 0.15) is 5.82 Å². The zero-order chi connectivity index (χ0) is 17.8. The maximum Gasteiger partial charge on any atom is 0.277 e. The Labute approximate surface area is 156 Å². The molecule has 25 heavy (non-hydrogen) atoms. The lowest BCUT2D eigenvalue weighted by atomic mass is 10.2. The van der Waals surface area contributed by atoms with Crippen LogP contribution in [0.2, 0.25) is 10.0 Å². The minimum atomic E-state index is -0.568. The molecule has 1 heterocycles. The summed E-state index contributed by atoms with van der Waals surface area (Å²) in [5.74, 6) is -0.768. The third-order valence-corrected chi connectivity index (χ3v) is 4.42. The van der Waals surface area contributed by atoms with E-state index in [4.69, 9.17) is 27.6 Å². The molecule has 3 rings (SSSR count). The Morgan fingerprint density at radius 1 is 1.20 bits per heavy atom. The van der Waals surface area contributed by atoms with Crippen molar-refractivity contribution < 1.29 is 13.6 Å². The Morgan fingerprint density at radius 2 is 2.00 bits per heavy atom. The maximum atomic E-state index is 13.6. The summed E-state index contributed by atoms with van der Waals surface area (Å²) in [6.07, 6.45) is 0. The molecule has 0 bridgehead atoms. The van der Waals surface area contributed by atoms with Crippen LogP contribution in [0.3, 0.4) is 0 Å². The molecule has 3 aromatic rings. The van der Waals surface area contributed by atoms with Crippen molar-refractivity contribution in [1.29, 1.82) is 0 Å². The highest BCUT2D eigenvalue weighted by Gasteiger charge is 2.14. The Hall–Kier alpha value is -2.09. The normalized spacial score (nSPS) is 10.7. The smallest absolute Gasteiger partial charge is 0.277 e. The molecule has 1 amide bonds. The fourth-order valence-electron chi connectivity index (χ4n) is 1.92. The Balaban J connectivity index is 1.61. The predicted molar refractivity (Wildman–Crippen MR) is 95.5 cm³/mol. The molecular formula is C16H10Cl2FN3O2S. The first-order valence-electron chi connectivity index (χ1n) is 6.99. The van der Waals surface area contributed by atoms with Gasteiger partial charge in [0.15, 0.2) is 0 Å². The molecule has 0 radical (unpaired) electrons. The first kappa shape index (κ1) is 17.7. The molecule has 5 nitrogen and oxygen atoms in total. The molecule has 0 saturated carbocycles. The SMILES string of the molecule is O=C(CSc1nnc(-c2ccccc2Cl)o1)Nc1cc(Cl)ccc1F. The number of hydrogen-bond acceptors (Lipinski definition) is 5. The number of nitrogens with zero attached hydrogens (tertiary/aromatic N) is 2. The summed E-state index contributed by atoms with van der Waals surface area (Å²) >= 11 is 12.9. The summed E-state index contributed by atoms with van der Waals surface area (Å²) in [6.45, 7) is 0. The monoisotopic (exact) mass is 397 g/mol. The molecule has 9 heteroatoms. The quantitative estimate of drug-likeness (QED) is 0.619. The third-order valence-electron chi connectivity index (χ3n) is 3.04. The fourth-order valence-corrected chi connectivity index (χ4v) is 2.87. The summed E-state index contributed by atoms with van der Waals surface area (Å²) in [4.78, 5) is 11.9. The number of carbonyl (C=O) groups excluding carboxylic acids is 1.